The number of hydrogen-bond donors (Lipinski definition) is 2. The second-order valence-electron chi connectivity index (χ2n) is 4.17. The number of aliphatic carboxylic acids is 1. The van der Waals surface area contributed by atoms with E-state index in [-0.39, 0.29) is 5.75 Å². The van der Waals surface area contributed by atoms with Crippen LogP contribution < -0.4 is 4.74 Å². The number of phenolic OH excluding ortho intramolecular Hbond substituents is 1. The lowest BCUT2D eigenvalue weighted by Gasteiger charge is -2.11. The molecule has 96 valence electrons. The van der Waals surface area contributed by atoms with Crippen LogP contribution in [0, 0.1) is 0 Å². The van der Waals surface area contributed by atoms with Gasteiger partial charge < -0.3 is 14.9 Å². The number of benzene rings is 1. The van der Waals surface area contributed by atoms with Crippen LogP contribution in [0.25, 0.3) is 0 Å². The molecule has 0 saturated carbocycles. The van der Waals surface area contributed by atoms with Gasteiger partial charge in [-0.2, -0.15) is 0 Å². The molecule has 0 aliphatic carbocycles. The Morgan fingerprint density at radius 1 is 1.56 bits per heavy atom. The van der Waals surface area contributed by atoms with Gasteiger partial charge in [0.2, 0.25) is 0 Å². The number of phenols is 1. The van der Waals surface area contributed by atoms with Crippen LogP contribution >= 0.6 is 11.8 Å². The smallest absolute Gasteiger partial charge is 0.332 e. The van der Waals surface area contributed by atoms with Crippen molar-refractivity contribution in [2.24, 2.45) is 4.99 Å². The number of methoxy groups -OCH3 is 1. The molecule has 1 aliphatic rings. The fraction of sp³-hybridized carbons (Fsp3) is 0.333. The minimum Gasteiger partial charge on any atom is -0.507 e. The Kier molecular flexibility index (Phi) is 3.21. The zero-order valence-corrected chi connectivity index (χ0v) is 10.8. The summed E-state index contributed by atoms with van der Waals surface area (Å²) in [6.07, 6.45) is 0. The van der Waals surface area contributed by atoms with Crippen LogP contribution in [0.15, 0.2) is 23.2 Å². The molecule has 0 spiro atoms. The first-order chi connectivity index (χ1) is 8.46. The summed E-state index contributed by atoms with van der Waals surface area (Å²) in [7, 11) is 1.51. The van der Waals surface area contributed by atoms with Crippen molar-refractivity contribution in [2.75, 3.05) is 12.9 Å². The number of aliphatic imine (C=N–C) groups is 1. The zero-order chi connectivity index (χ0) is 13.3. The average Bonchev–Trinajstić information content (AvgIpc) is 2.73. The van der Waals surface area contributed by atoms with E-state index in [9.17, 15) is 9.90 Å². The summed E-state index contributed by atoms with van der Waals surface area (Å²) in [5.74, 6) is -0.0163. The van der Waals surface area contributed by atoms with E-state index in [2.05, 4.69) is 4.99 Å². The summed E-state index contributed by atoms with van der Waals surface area (Å²) in [4.78, 5) is 15.3. The fourth-order valence-electron chi connectivity index (χ4n) is 1.56. The zero-order valence-electron chi connectivity index (χ0n) is 10.0. The largest absolute Gasteiger partial charge is 0.507 e. The summed E-state index contributed by atoms with van der Waals surface area (Å²) in [6.45, 7) is 1.57. The lowest BCUT2D eigenvalue weighted by molar-refractivity contribution is -0.141. The van der Waals surface area contributed by atoms with Crippen molar-refractivity contribution >= 4 is 22.8 Å². The Hall–Kier alpha value is -1.69. The van der Waals surface area contributed by atoms with E-state index in [4.69, 9.17) is 9.84 Å². The van der Waals surface area contributed by atoms with Gasteiger partial charge in [-0.05, 0) is 19.1 Å². The van der Waals surface area contributed by atoms with Crippen molar-refractivity contribution in [1.29, 1.82) is 0 Å². The number of hydrogen-bond acceptors (Lipinski definition) is 5. The van der Waals surface area contributed by atoms with E-state index in [0.29, 0.717) is 22.1 Å². The van der Waals surface area contributed by atoms with Crippen molar-refractivity contribution in [3.63, 3.8) is 0 Å². The van der Waals surface area contributed by atoms with Crippen LogP contribution in [-0.2, 0) is 4.79 Å². The number of ether oxygens (including phenoxy) is 1. The van der Waals surface area contributed by atoms with E-state index < -0.39 is 11.5 Å². The molecular weight excluding hydrogens is 254 g/mol. The second kappa shape index (κ2) is 4.53. The van der Waals surface area contributed by atoms with Crippen LogP contribution in [0.5, 0.6) is 11.5 Å². The average molecular weight is 267 g/mol. The maximum absolute atomic E-state index is 11.1. The van der Waals surface area contributed by atoms with E-state index in [1.165, 1.54) is 24.9 Å². The number of rotatable bonds is 3. The van der Waals surface area contributed by atoms with Gasteiger partial charge >= 0.3 is 5.97 Å². The van der Waals surface area contributed by atoms with Gasteiger partial charge in [-0.3, -0.25) is 4.99 Å². The van der Waals surface area contributed by atoms with Crippen molar-refractivity contribution in [2.45, 2.75) is 12.5 Å². The molecule has 0 fully saturated rings. The molecule has 6 heteroatoms. The molecule has 0 radical (unpaired) electrons. The fourth-order valence-corrected chi connectivity index (χ4v) is 2.76. The molecule has 1 aromatic rings. The number of thioether (sulfide) groups is 1. The van der Waals surface area contributed by atoms with Gasteiger partial charge in [-0.1, -0.05) is 0 Å². The first kappa shape index (κ1) is 12.8. The highest BCUT2D eigenvalue weighted by molar-refractivity contribution is 8.14. The highest BCUT2D eigenvalue weighted by Crippen LogP contribution is 2.35. The van der Waals surface area contributed by atoms with Crippen molar-refractivity contribution in [3.05, 3.63) is 23.8 Å². The van der Waals surface area contributed by atoms with Crippen LogP contribution in [0.2, 0.25) is 0 Å². The maximum atomic E-state index is 11.1. The van der Waals surface area contributed by atoms with Gasteiger partial charge in [-0.15, -0.1) is 11.8 Å². The molecule has 1 aromatic carbocycles. The number of nitrogens with zero attached hydrogens (tertiary/aromatic N) is 1. The third kappa shape index (κ3) is 2.15. The van der Waals surface area contributed by atoms with Gasteiger partial charge in [0.05, 0.1) is 7.11 Å². The topological polar surface area (TPSA) is 79.1 Å². The van der Waals surface area contributed by atoms with Crippen LogP contribution in [0.4, 0.5) is 0 Å². The summed E-state index contributed by atoms with van der Waals surface area (Å²) in [6, 6.07) is 4.86. The van der Waals surface area contributed by atoms with Crippen molar-refractivity contribution < 1.29 is 19.7 Å². The molecule has 2 rings (SSSR count). The predicted molar refractivity (Wildman–Crippen MR) is 69.7 cm³/mol. The molecule has 0 bridgehead atoms. The normalized spacial score (nSPS) is 22.7. The van der Waals surface area contributed by atoms with E-state index in [1.807, 2.05) is 0 Å². The molecule has 1 heterocycles. The van der Waals surface area contributed by atoms with Gasteiger partial charge in [0, 0.05) is 17.4 Å². The minimum atomic E-state index is -1.12. The summed E-state index contributed by atoms with van der Waals surface area (Å²) < 4.78 is 4.99. The molecule has 1 aliphatic heterocycles. The van der Waals surface area contributed by atoms with Crippen molar-refractivity contribution in [1.82, 2.24) is 0 Å². The van der Waals surface area contributed by atoms with E-state index >= 15 is 0 Å². The van der Waals surface area contributed by atoms with E-state index in [0.717, 1.165) is 0 Å². The van der Waals surface area contributed by atoms with Crippen LogP contribution in [0.3, 0.4) is 0 Å². The Balaban J connectivity index is 2.37. The Bertz CT molecular complexity index is 529. The molecule has 2 N–H and O–H groups in total. The summed E-state index contributed by atoms with van der Waals surface area (Å²) >= 11 is 1.33. The Labute approximate surface area is 108 Å². The minimum absolute atomic E-state index is 0.0373. The van der Waals surface area contributed by atoms with E-state index in [1.54, 1.807) is 19.1 Å². The maximum Gasteiger partial charge on any atom is 0.332 e. The van der Waals surface area contributed by atoms with Gasteiger partial charge in [0.1, 0.15) is 16.5 Å². The third-order valence-corrected chi connectivity index (χ3v) is 4.03. The standard InChI is InChI=1S/C12H13NO4S/c1-12(11(15)16)6-18-10(13-12)8-4-3-7(17-2)5-9(8)14/h3-5,14H,6H2,1-2H3,(H,15,16)/t12-/m1/s1. The second-order valence-corrected chi connectivity index (χ2v) is 5.13. The molecule has 18 heavy (non-hydrogen) atoms. The first-order valence-corrected chi connectivity index (χ1v) is 6.28. The predicted octanol–water partition coefficient (Wildman–Crippen LogP) is 1.74. The first-order valence-electron chi connectivity index (χ1n) is 5.30. The Morgan fingerprint density at radius 3 is 2.78 bits per heavy atom. The molecular formula is C12H13NO4S. The lowest BCUT2D eigenvalue weighted by atomic mass is 10.1. The molecule has 0 unspecified atom stereocenters. The van der Waals surface area contributed by atoms with Crippen LogP contribution in [-0.4, -0.2) is 39.6 Å². The highest BCUT2D eigenvalue weighted by atomic mass is 32.2. The SMILES string of the molecule is COc1ccc(C2=N[C@@](C)(C(=O)O)CS2)c(O)c1. The molecule has 5 nitrogen and oxygen atoms in total. The third-order valence-electron chi connectivity index (χ3n) is 2.73. The van der Waals surface area contributed by atoms with Crippen molar-refractivity contribution in [3.8, 4) is 11.5 Å². The molecule has 0 saturated heterocycles. The number of carboxylic acids is 1. The Morgan fingerprint density at radius 2 is 2.28 bits per heavy atom. The summed E-state index contributed by atoms with van der Waals surface area (Å²) in [5.41, 5.74) is -0.586. The highest BCUT2D eigenvalue weighted by Gasteiger charge is 2.38. The van der Waals surface area contributed by atoms with Gasteiger partial charge in [0.15, 0.2) is 5.54 Å². The molecule has 0 aromatic heterocycles. The van der Waals surface area contributed by atoms with Gasteiger partial charge in [0.25, 0.3) is 0 Å². The number of carboxylic acid groups (broad SMARTS) is 1. The van der Waals surface area contributed by atoms with Crippen LogP contribution in [0.1, 0.15) is 12.5 Å². The quantitative estimate of drug-likeness (QED) is 0.872. The monoisotopic (exact) mass is 267 g/mol. The summed E-state index contributed by atoms with van der Waals surface area (Å²) in [5, 5.41) is 19.5. The lowest BCUT2D eigenvalue weighted by Crippen LogP contribution is -2.33. The molecule has 0 amide bonds. The number of carbonyl (C=O) groups is 1. The number of aromatic hydroxyl groups is 1. The molecule has 1 atom stereocenters. The van der Waals surface area contributed by atoms with Gasteiger partial charge in [-0.25, -0.2) is 4.79 Å².